The third-order valence-corrected chi connectivity index (χ3v) is 3.42. The monoisotopic (exact) mass is 246 g/mol. The number of fused-ring (bicyclic) bond motifs is 1. The van der Waals surface area contributed by atoms with Crippen molar-refractivity contribution >= 4 is 22.7 Å². The normalized spacial score (nSPS) is 20.2. The lowest BCUT2D eigenvalue weighted by Crippen LogP contribution is -2.44. The Morgan fingerprint density at radius 2 is 2.28 bits per heavy atom. The van der Waals surface area contributed by atoms with E-state index in [9.17, 15) is 9.90 Å². The molecule has 1 aliphatic rings. The van der Waals surface area contributed by atoms with Crippen LogP contribution in [-0.2, 0) is 4.79 Å². The van der Waals surface area contributed by atoms with Crippen molar-refractivity contribution in [2.45, 2.75) is 25.3 Å². The van der Waals surface area contributed by atoms with Crippen molar-refractivity contribution in [3.8, 4) is 0 Å². The van der Waals surface area contributed by atoms with Crippen LogP contribution in [0.3, 0.4) is 0 Å². The highest BCUT2D eigenvalue weighted by atomic mass is 16.4. The number of hydrogen-bond acceptors (Lipinski definition) is 4. The predicted molar refractivity (Wildman–Crippen MR) is 66.5 cm³/mol. The summed E-state index contributed by atoms with van der Waals surface area (Å²) in [4.78, 5) is 13.3. The SMILES string of the molecule is O=C(O)C1CCCCN1c1cccc2n[nH]nc12. The van der Waals surface area contributed by atoms with E-state index < -0.39 is 12.0 Å². The third kappa shape index (κ3) is 1.70. The maximum absolute atomic E-state index is 11.3. The molecule has 6 nitrogen and oxygen atoms in total. The number of piperidine rings is 1. The van der Waals surface area contributed by atoms with Crippen molar-refractivity contribution in [1.82, 2.24) is 15.4 Å². The van der Waals surface area contributed by atoms with E-state index in [0.717, 1.165) is 36.1 Å². The van der Waals surface area contributed by atoms with Gasteiger partial charge in [0.15, 0.2) is 0 Å². The number of carbonyl (C=O) groups is 1. The zero-order chi connectivity index (χ0) is 12.5. The van der Waals surface area contributed by atoms with Crippen molar-refractivity contribution in [1.29, 1.82) is 0 Å². The average Bonchev–Trinajstić information content (AvgIpc) is 2.86. The zero-order valence-electron chi connectivity index (χ0n) is 9.83. The van der Waals surface area contributed by atoms with Gasteiger partial charge in [0.25, 0.3) is 0 Å². The molecule has 0 amide bonds. The van der Waals surface area contributed by atoms with E-state index in [2.05, 4.69) is 15.4 Å². The number of anilines is 1. The van der Waals surface area contributed by atoms with Crippen LogP contribution in [0.15, 0.2) is 18.2 Å². The van der Waals surface area contributed by atoms with Crippen LogP contribution in [-0.4, -0.2) is 39.1 Å². The van der Waals surface area contributed by atoms with Crippen molar-refractivity contribution in [3.63, 3.8) is 0 Å². The van der Waals surface area contributed by atoms with Gasteiger partial charge in [0.2, 0.25) is 0 Å². The number of carboxylic acid groups (broad SMARTS) is 1. The molecule has 3 rings (SSSR count). The largest absolute Gasteiger partial charge is 0.480 e. The van der Waals surface area contributed by atoms with Gasteiger partial charge >= 0.3 is 5.97 Å². The zero-order valence-corrected chi connectivity index (χ0v) is 9.83. The van der Waals surface area contributed by atoms with Crippen molar-refractivity contribution in [3.05, 3.63) is 18.2 Å². The number of rotatable bonds is 2. The molecule has 1 fully saturated rings. The van der Waals surface area contributed by atoms with E-state index in [1.807, 2.05) is 23.1 Å². The molecule has 0 spiro atoms. The highest BCUT2D eigenvalue weighted by Crippen LogP contribution is 2.29. The van der Waals surface area contributed by atoms with Crippen LogP contribution in [0, 0.1) is 0 Å². The first-order valence-corrected chi connectivity index (χ1v) is 6.06. The standard InChI is InChI=1S/C12H14N4O2/c17-12(18)10-5-1-2-7-16(10)9-6-3-4-8-11(9)14-15-13-8/h3-4,6,10H,1-2,5,7H2,(H,17,18)(H,13,14,15). The summed E-state index contributed by atoms with van der Waals surface area (Å²) in [5, 5.41) is 20.0. The van der Waals surface area contributed by atoms with E-state index in [-0.39, 0.29) is 0 Å². The number of benzene rings is 1. The van der Waals surface area contributed by atoms with Gasteiger partial charge in [-0.3, -0.25) is 0 Å². The van der Waals surface area contributed by atoms with Crippen LogP contribution in [0.25, 0.3) is 11.0 Å². The molecule has 2 aromatic rings. The van der Waals surface area contributed by atoms with Gasteiger partial charge in [-0.15, -0.1) is 0 Å². The molecular formula is C12H14N4O2. The molecule has 18 heavy (non-hydrogen) atoms. The Kier molecular flexibility index (Phi) is 2.62. The quantitative estimate of drug-likeness (QED) is 0.837. The lowest BCUT2D eigenvalue weighted by Gasteiger charge is -2.34. The van der Waals surface area contributed by atoms with Gasteiger partial charge in [0.1, 0.15) is 17.1 Å². The van der Waals surface area contributed by atoms with Crippen LogP contribution < -0.4 is 4.90 Å². The number of aromatic nitrogens is 3. The fraction of sp³-hybridized carbons (Fsp3) is 0.417. The summed E-state index contributed by atoms with van der Waals surface area (Å²) in [5.74, 6) is -0.768. The van der Waals surface area contributed by atoms with Gasteiger partial charge < -0.3 is 10.0 Å². The molecule has 1 unspecified atom stereocenters. The second-order valence-electron chi connectivity index (χ2n) is 4.51. The number of para-hydroxylation sites is 1. The minimum Gasteiger partial charge on any atom is -0.480 e. The number of H-pyrrole nitrogens is 1. The molecule has 0 aliphatic carbocycles. The summed E-state index contributed by atoms with van der Waals surface area (Å²) < 4.78 is 0. The lowest BCUT2D eigenvalue weighted by molar-refractivity contribution is -0.139. The Hall–Kier alpha value is -2.11. The first-order chi connectivity index (χ1) is 8.77. The minimum absolute atomic E-state index is 0.457. The van der Waals surface area contributed by atoms with E-state index in [4.69, 9.17) is 0 Å². The van der Waals surface area contributed by atoms with Gasteiger partial charge in [0.05, 0.1) is 5.69 Å². The predicted octanol–water partition coefficient (Wildman–Crippen LogP) is 1.40. The van der Waals surface area contributed by atoms with Crippen LogP contribution in [0.5, 0.6) is 0 Å². The molecule has 1 aromatic carbocycles. The molecule has 94 valence electrons. The minimum atomic E-state index is -0.768. The fourth-order valence-electron chi connectivity index (χ4n) is 2.56. The molecule has 1 saturated heterocycles. The highest BCUT2D eigenvalue weighted by molar-refractivity contribution is 5.90. The maximum Gasteiger partial charge on any atom is 0.326 e. The highest BCUT2D eigenvalue weighted by Gasteiger charge is 2.29. The number of aromatic amines is 1. The molecule has 0 saturated carbocycles. The van der Waals surface area contributed by atoms with Crippen LogP contribution in [0.4, 0.5) is 5.69 Å². The van der Waals surface area contributed by atoms with Crippen molar-refractivity contribution in [2.24, 2.45) is 0 Å². The summed E-state index contributed by atoms with van der Waals surface area (Å²) in [5.41, 5.74) is 2.36. The summed E-state index contributed by atoms with van der Waals surface area (Å²) >= 11 is 0. The maximum atomic E-state index is 11.3. The number of nitrogens with one attached hydrogen (secondary N) is 1. The summed E-state index contributed by atoms with van der Waals surface area (Å²) in [6, 6.07) is 5.20. The van der Waals surface area contributed by atoms with Crippen molar-refractivity contribution < 1.29 is 9.90 Å². The first-order valence-electron chi connectivity index (χ1n) is 6.06. The van der Waals surface area contributed by atoms with Gasteiger partial charge in [-0.1, -0.05) is 6.07 Å². The number of aliphatic carboxylic acids is 1. The van der Waals surface area contributed by atoms with Gasteiger partial charge in [-0.25, -0.2) is 4.79 Å². The van der Waals surface area contributed by atoms with Gasteiger partial charge in [-0.05, 0) is 31.4 Å². The van der Waals surface area contributed by atoms with Crippen LogP contribution in [0.1, 0.15) is 19.3 Å². The molecule has 1 aliphatic heterocycles. The molecule has 1 aromatic heterocycles. The Bertz CT molecular complexity index is 580. The van der Waals surface area contributed by atoms with Gasteiger partial charge in [-0.2, -0.15) is 15.4 Å². The number of carboxylic acids is 1. The Morgan fingerprint density at radius 1 is 1.39 bits per heavy atom. The molecule has 2 N–H and O–H groups in total. The second-order valence-corrected chi connectivity index (χ2v) is 4.51. The molecule has 2 heterocycles. The topological polar surface area (TPSA) is 82.1 Å². The lowest BCUT2D eigenvalue weighted by atomic mass is 10.0. The van der Waals surface area contributed by atoms with E-state index in [0.29, 0.717) is 6.42 Å². The number of nitrogens with zero attached hydrogens (tertiary/aromatic N) is 3. The van der Waals surface area contributed by atoms with Crippen LogP contribution in [0.2, 0.25) is 0 Å². The molecule has 0 radical (unpaired) electrons. The Morgan fingerprint density at radius 3 is 3.11 bits per heavy atom. The van der Waals surface area contributed by atoms with Crippen molar-refractivity contribution in [2.75, 3.05) is 11.4 Å². The third-order valence-electron chi connectivity index (χ3n) is 3.42. The van der Waals surface area contributed by atoms with E-state index in [1.165, 1.54) is 0 Å². The molecule has 6 heteroatoms. The summed E-state index contributed by atoms with van der Waals surface area (Å²) in [6.07, 6.45) is 2.66. The van der Waals surface area contributed by atoms with Gasteiger partial charge in [0, 0.05) is 6.54 Å². The summed E-state index contributed by atoms with van der Waals surface area (Å²) in [7, 11) is 0. The number of hydrogen-bond donors (Lipinski definition) is 2. The van der Waals surface area contributed by atoms with E-state index in [1.54, 1.807) is 0 Å². The Balaban J connectivity index is 2.06. The second kappa shape index (κ2) is 4.29. The first kappa shape index (κ1) is 11.0. The average molecular weight is 246 g/mol. The van der Waals surface area contributed by atoms with E-state index >= 15 is 0 Å². The summed E-state index contributed by atoms with van der Waals surface area (Å²) in [6.45, 7) is 0.753. The van der Waals surface area contributed by atoms with Crippen LogP contribution >= 0.6 is 0 Å². The smallest absolute Gasteiger partial charge is 0.326 e. The fourth-order valence-corrected chi connectivity index (χ4v) is 2.56. The molecular weight excluding hydrogens is 232 g/mol. The Labute approximate surface area is 104 Å². The molecule has 0 bridgehead atoms. The molecule has 1 atom stereocenters.